The fraction of sp³-hybridized carbons (Fsp3) is 0.765. The molecule has 9 heteroatoms. The molecule has 4 N–H and O–H groups in total. The second-order valence-corrected chi connectivity index (χ2v) is 9.85. The first kappa shape index (κ1) is 20.0. The van der Waals surface area contributed by atoms with Crippen LogP contribution in [-0.2, 0) is 11.3 Å². The zero-order valence-electron chi connectivity index (χ0n) is 15.2. The number of nitrogens with zero attached hydrogens (tertiary/aromatic N) is 1. The van der Waals surface area contributed by atoms with E-state index in [1.165, 1.54) is 10.8 Å². The van der Waals surface area contributed by atoms with Crippen LogP contribution in [0.1, 0.15) is 45.4 Å². The minimum absolute atomic E-state index is 0.198. The number of nitrogens with one attached hydrogen (secondary N) is 2. The minimum Gasteiger partial charge on any atom is -0.385 e. The van der Waals surface area contributed by atoms with E-state index >= 15 is 0 Å². The van der Waals surface area contributed by atoms with Gasteiger partial charge in [0.25, 0.3) is 5.56 Å². The number of aromatic nitrogens is 2. The number of hydrogen-bond donors (Lipinski definition) is 4. The number of fused-ring (bicyclic) bond motifs is 1. The van der Waals surface area contributed by atoms with Gasteiger partial charge in [-0.3, -0.25) is 14.3 Å². The largest absolute Gasteiger partial charge is 0.385 e. The standard InChI is InChI=1S/C17H26IN3O5/c1-4-6-19-7-9-8-21(15(24)20-13(9)23)14-11(22)17(25)10(12(17)26-14)16(3,18)5-2/h8,10-12,14,19,22,25H,4-7H2,1-3H3,(H,20,23,24)/t10?,11-,12+,14?,16?,17-/m0/s1. The lowest BCUT2D eigenvalue weighted by Gasteiger charge is -2.29. The van der Waals surface area contributed by atoms with Crippen molar-refractivity contribution in [2.45, 2.75) is 67.6 Å². The number of aliphatic hydroxyl groups excluding tert-OH is 1. The molecule has 0 spiro atoms. The van der Waals surface area contributed by atoms with Gasteiger partial charge < -0.3 is 20.3 Å². The average molecular weight is 479 g/mol. The van der Waals surface area contributed by atoms with Crippen LogP contribution in [-0.4, -0.2) is 47.5 Å². The van der Waals surface area contributed by atoms with E-state index in [-0.39, 0.29) is 9.34 Å². The zero-order valence-corrected chi connectivity index (χ0v) is 17.3. The molecule has 1 aliphatic carbocycles. The SMILES string of the molecule is CCCNCc1cn(C2O[C@@H]3C(C(C)(I)CC)[C@]3(O)[C@H]2O)c(=O)[nH]c1=O. The summed E-state index contributed by atoms with van der Waals surface area (Å²) in [6.07, 6.45) is 0.376. The molecule has 3 rings (SSSR count). The topological polar surface area (TPSA) is 117 Å². The van der Waals surface area contributed by atoms with Gasteiger partial charge in [-0.15, -0.1) is 0 Å². The summed E-state index contributed by atoms with van der Waals surface area (Å²) in [6, 6.07) is 0. The van der Waals surface area contributed by atoms with E-state index in [0.29, 0.717) is 12.1 Å². The molecule has 2 fully saturated rings. The number of alkyl halides is 1. The van der Waals surface area contributed by atoms with E-state index in [0.717, 1.165) is 19.4 Å². The Hall–Kier alpha value is -0.750. The maximum atomic E-state index is 12.2. The molecule has 8 nitrogen and oxygen atoms in total. The van der Waals surface area contributed by atoms with Crippen LogP contribution in [0.2, 0.25) is 0 Å². The monoisotopic (exact) mass is 479 g/mol. The number of rotatable bonds is 7. The van der Waals surface area contributed by atoms with Gasteiger partial charge in [-0.2, -0.15) is 0 Å². The number of aliphatic hydroxyl groups is 2. The molecule has 2 heterocycles. The van der Waals surface area contributed by atoms with E-state index in [1.54, 1.807) is 0 Å². The van der Waals surface area contributed by atoms with Gasteiger partial charge in [-0.05, 0) is 19.4 Å². The normalized spacial score (nSPS) is 35.2. The Balaban J connectivity index is 1.85. The fourth-order valence-corrected chi connectivity index (χ4v) is 4.66. The van der Waals surface area contributed by atoms with Crippen LogP contribution in [0.15, 0.2) is 15.8 Å². The van der Waals surface area contributed by atoms with Crippen LogP contribution in [0.4, 0.5) is 0 Å². The summed E-state index contributed by atoms with van der Waals surface area (Å²) in [4.78, 5) is 26.5. The Bertz CT molecular complexity index is 791. The van der Waals surface area contributed by atoms with Gasteiger partial charge in [-0.25, -0.2) is 4.79 Å². The lowest BCUT2D eigenvalue weighted by Crippen LogP contribution is -2.44. The molecule has 1 saturated carbocycles. The highest BCUT2D eigenvalue weighted by molar-refractivity contribution is 14.1. The Kier molecular flexibility index (Phi) is 5.39. The molecular weight excluding hydrogens is 453 g/mol. The van der Waals surface area contributed by atoms with Crippen molar-refractivity contribution >= 4 is 22.6 Å². The number of hydrogen-bond acceptors (Lipinski definition) is 6. The van der Waals surface area contributed by atoms with Crippen LogP contribution in [0.5, 0.6) is 0 Å². The van der Waals surface area contributed by atoms with E-state index in [4.69, 9.17) is 4.74 Å². The lowest BCUT2D eigenvalue weighted by molar-refractivity contribution is -0.0842. The molecule has 0 aromatic carbocycles. The van der Waals surface area contributed by atoms with Crippen molar-refractivity contribution < 1.29 is 14.9 Å². The minimum atomic E-state index is -1.37. The summed E-state index contributed by atoms with van der Waals surface area (Å²) in [6.45, 7) is 7.11. The summed E-state index contributed by atoms with van der Waals surface area (Å²) < 4.78 is 6.81. The van der Waals surface area contributed by atoms with Gasteiger partial charge in [0.15, 0.2) is 6.23 Å². The molecule has 0 bridgehead atoms. The Morgan fingerprint density at radius 1 is 1.46 bits per heavy atom. The molecular formula is C17H26IN3O5. The van der Waals surface area contributed by atoms with Crippen LogP contribution in [0.3, 0.4) is 0 Å². The predicted octanol–water partition coefficient (Wildman–Crippen LogP) is 0.259. The molecule has 1 aliphatic heterocycles. The number of halogens is 1. The maximum Gasteiger partial charge on any atom is 0.330 e. The third-order valence-corrected chi connectivity index (χ3v) is 7.01. The van der Waals surface area contributed by atoms with Gasteiger partial charge >= 0.3 is 5.69 Å². The molecule has 6 atom stereocenters. The quantitative estimate of drug-likeness (QED) is 0.253. The van der Waals surface area contributed by atoms with Crippen LogP contribution >= 0.6 is 22.6 Å². The summed E-state index contributed by atoms with van der Waals surface area (Å²) in [7, 11) is 0. The lowest BCUT2D eigenvalue weighted by atomic mass is 9.96. The fourth-order valence-electron chi connectivity index (χ4n) is 3.83. The third-order valence-electron chi connectivity index (χ3n) is 5.58. The Labute approximate surface area is 165 Å². The summed E-state index contributed by atoms with van der Waals surface area (Å²) in [5.41, 5.74) is -2.11. The van der Waals surface area contributed by atoms with Crippen LogP contribution in [0, 0.1) is 5.92 Å². The molecule has 3 unspecified atom stereocenters. The Morgan fingerprint density at radius 3 is 2.69 bits per heavy atom. The van der Waals surface area contributed by atoms with E-state index < -0.39 is 35.3 Å². The van der Waals surface area contributed by atoms with Gasteiger partial charge in [0, 0.05) is 27.6 Å². The molecule has 146 valence electrons. The van der Waals surface area contributed by atoms with Gasteiger partial charge in [-0.1, -0.05) is 43.4 Å². The van der Waals surface area contributed by atoms with Crippen molar-refractivity contribution in [3.05, 3.63) is 32.6 Å². The first-order chi connectivity index (χ1) is 12.2. The van der Waals surface area contributed by atoms with Gasteiger partial charge in [0.1, 0.15) is 11.7 Å². The van der Waals surface area contributed by atoms with Crippen molar-refractivity contribution in [3.8, 4) is 0 Å². The number of ether oxygens (including phenoxy) is 1. The number of H-pyrrole nitrogens is 1. The highest BCUT2D eigenvalue weighted by Gasteiger charge is 2.79. The molecule has 0 radical (unpaired) electrons. The smallest absolute Gasteiger partial charge is 0.330 e. The third kappa shape index (κ3) is 3.07. The van der Waals surface area contributed by atoms with Gasteiger partial charge in [0.2, 0.25) is 0 Å². The van der Waals surface area contributed by atoms with E-state index in [2.05, 4.69) is 32.9 Å². The van der Waals surface area contributed by atoms with Crippen molar-refractivity contribution in [1.82, 2.24) is 14.9 Å². The molecule has 1 saturated heterocycles. The summed E-state index contributed by atoms with van der Waals surface area (Å²) in [5, 5.41) is 24.7. The average Bonchev–Trinajstić information content (AvgIpc) is 3.12. The zero-order chi connectivity index (χ0) is 19.3. The molecule has 2 aliphatic rings. The first-order valence-electron chi connectivity index (χ1n) is 8.98. The maximum absolute atomic E-state index is 12.2. The first-order valence-corrected chi connectivity index (χ1v) is 10.1. The summed E-state index contributed by atoms with van der Waals surface area (Å²) in [5.74, 6) is -0.198. The molecule has 26 heavy (non-hydrogen) atoms. The van der Waals surface area contributed by atoms with E-state index in [1.807, 2.05) is 20.8 Å². The molecule has 1 aromatic heterocycles. The van der Waals surface area contributed by atoms with Crippen molar-refractivity contribution in [2.75, 3.05) is 6.54 Å². The number of aromatic amines is 1. The molecule has 1 aromatic rings. The highest BCUT2D eigenvalue weighted by Crippen LogP contribution is 2.64. The molecule has 0 amide bonds. The van der Waals surface area contributed by atoms with Crippen molar-refractivity contribution in [1.29, 1.82) is 0 Å². The highest BCUT2D eigenvalue weighted by atomic mass is 127. The van der Waals surface area contributed by atoms with E-state index in [9.17, 15) is 19.8 Å². The second kappa shape index (κ2) is 7.01. The van der Waals surface area contributed by atoms with Crippen molar-refractivity contribution in [2.24, 2.45) is 5.92 Å². The van der Waals surface area contributed by atoms with Crippen molar-refractivity contribution in [3.63, 3.8) is 0 Å². The summed E-state index contributed by atoms with van der Waals surface area (Å²) >= 11 is 2.28. The van der Waals surface area contributed by atoms with Crippen LogP contribution < -0.4 is 16.6 Å². The predicted molar refractivity (Wildman–Crippen MR) is 104 cm³/mol. The Morgan fingerprint density at radius 2 is 2.15 bits per heavy atom. The second-order valence-electron chi connectivity index (χ2n) is 7.39. The van der Waals surface area contributed by atoms with Crippen LogP contribution in [0.25, 0.3) is 0 Å². The van der Waals surface area contributed by atoms with Gasteiger partial charge in [0.05, 0.1) is 6.10 Å².